The second kappa shape index (κ2) is 3.70. The Morgan fingerprint density at radius 2 is 2.21 bits per heavy atom. The van der Waals surface area contributed by atoms with Crippen LogP contribution in [-0.4, -0.2) is 22.9 Å². The monoisotopic (exact) mass is 278 g/mol. The van der Waals surface area contributed by atoms with Crippen LogP contribution in [0.3, 0.4) is 0 Å². The lowest BCUT2D eigenvalue weighted by Gasteiger charge is -2.11. The van der Waals surface area contributed by atoms with Crippen molar-refractivity contribution in [3.63, 3.8) is 0 Å². The Labute approximate surface area is 94.4 Å². The van der Waals surface area contributed by atoms with Crippen LogP contribution in [0.2, 0.25) is 5.02 Å². The number of epoxide rings is 1. The summed E-state index contributed by atoms with van der Waals surface area (Å²) in [6, 6.07) is 3.20. The molecule has 1 aliphatic heterocycles. The molecule has 1 aromatic rings. The lowest BCUT2D eigenvalue weighted by Crippen LogP contribution is -2.05. The molecular formula is C9H8BrClO3. The molecule has 0 spiro atoms. The zero-order valence-corrected chi connectivity index (χ0v) is 9.42. The second-order valence-electron chi connectivity index (χ2n) is 3.14. The summed E-state index contributed by atoms with van der Waals surface area (Å²) in [5, 5.41) is 19.5. The number of rotatable bonds is 2. The molecule has 0 aromatic heterocycles. The molecule has 0 amide bonds. The first-order valence-electron chi connectivity index (χ1n) is 4.07. The van der Waals surface area contributed by atoms with Gasteiger partial charge in [-0.25, -0.2) is 0 Å². The molecule has 2 N–H and O–H groups in total. The SMILES string of the molecule is Oc1c(Cl)cc(Br)cc1C(O)C1CO1. The van der Waals surface area contributed by atoms with E-state index < -0.39 is 6.10 Å². The van der Waals surface area contributed by atoms with E-state index >= 15 is 0 Å². The predicted molar refractivity (Wildman–Crippen MR) is 55.5 cm³/mol. The molecule has 0 saturated carbocycles. The van der Waals surface area contributed by atoms with Crippen LogP contribution in [0, 0.1) is 0 Å². The van der Waals surface area contributed by atoms with Crippen LogP contribution < -0.4 is 0 Å². The van der Waals surface area contributed by atoms with Crippen molar-refractivity contribution in [1.82, 2.24) is 0 Å². The third-order valence-electron chi connectivity index (χ3n) is 2.09. The lowest BCUT2D eigenvalue weighted by atomic mass is 10.1. The Morgan fingerprint density at radius 1 is 1.57 bits per heavy atom. The molecular weight excluding hydrogens is 271 g/mol. The predicted octanol–water partition coefficient (Wildman–Crippen LogP) is 2.24. The fraction of sp³-hybridized carbons (Fsp3) is 0.333. The van der Waals surface area contributed by atoms with Gasteiger partial charge in [0.05, 0.1) is 11.6 Å². The highest BCUT2D eigenvalue weighted by molar-refractivity contribution is 9.10. The van der Waals surface area contributed by atoms with Gasteiger partial charge >= 0.3 is 0 Å². The zero-order valence-electron chi connectivity index (χ0n) is 7.08. The Hall–Kier alpha value is -0.290. The van der Waals surface area contributed by atoms with Crippen molar-refractivity contribution in [1.29, 1.82) is 0 Å². The number of phenolic OH excluding ortho intramolecular Hbond substituents is 1. The number of benzene rings is 1. The molecule has 14 heavy (non-hydrogen) atoms. The van der Waals surface area contributed by atoms with Gasteiger partial charge in [-0.3, -0.25) is 0 Å². The Bertz CT molecular complexity index is 365. The molecule has 2 unspecified atom stereocenters. The van der Waals surface area contributed by atoms with Gasteiger partial charge in [0.2, 0.25) is 0 Å². The summed E-state index contributed by atoms with van der Waals surface area (Å²) in [5.74, 6) is -0.0853. The molecule has 1 heterocycles. The summed E-state index contributed by atoms with van der Waals surface area (Å²) >= 11 is 8.99. The minimum Gasteiger partial charge on any atom is -0.506 e. The summed E-state index contributed by atoms with van der Waals surface area (Å²) < 4.78 is 5.66. The van der Waals surface area contributed by atoms with E-state index in [9.17, 15) is 10.2 Å². The van der Waals surface area contributed by atoms with Crippen LogP contribution in [0.15, 0.2) is 16.6 Å². The first kappa shape index (κ1) is 10.2. The van der Waals surface area contributed by atoms with Gasteiger partial charge < -0.3 is 14.9 Å². The summed E-state index contributed by atoms with van der Waals surface area (Å²) in [7, 11) is 0. The smallest absolute Gasteiger partial charge is 0.140 e. The van der Waals surface area contributed by atoms with Crippen molar-refractivity contribution in [2.75, 3.05) is 6.61 Å². The number of hydrogen-bond donors (Lipinski definition) is 2. The number of aromatic hydroxyl groups is 1. The van der Waals surface area contributed by atoms with E-state index in [0.717, 1.165) is 4.47 Å². The number of ether oxygens (including phenoxy) is 1. The normalized spacial score (nSPS) is 22.1. The van der Waals surface area contributed by atoms with E-state index in [1.54, 1.807) is 12.1 Å². The first-order valence-corrected chi connectivity index (χ1v) is 5.24. The molecule has 0 bridgehead atoms. The van der Waals surface area contributed by atoms with Gasteiger partial charge in [-0.2, -0.15) is 0 Å². The molecule has 1 aromatic carbocycles. The van der Waals surface area contributed by atoms with Crippen LogP contribution in [0.25, 0.3) is 0 Å². The Morgan fingerprint density at radius 3 is 2.79 bits per heavy atom. The van der Waals surface area contributed by atoms with E-state index in [2.05, 4.69) is 15.9 Å². The molecule has 2 rings (SSSR count). The van der Waals surface area contributed by atoms with Gasteiger partial charge in [-0.1, -0.05) is 27.5 Å². The summed E-state index contributed by atoms with van der Waals surface area (Å²) in [6.45, 7) is 0.519. The maximum Gasteiger partial charge on any atom is 0.140 e. The lowest BCUT2D eigenvalue weighted by molar-refractivity contribution is 0.134. The van der Waals surface area contributed by atoms with Gasteiger partial charge in [-0.05, 0) is 12.1 Å². The van der Waals surface area contributed by atoms with Crippen LogP contribution in [0.5, 0.6) is 5.75 Å². The maximum absolute atomic E-state index is 9.73. The van der Waals surface area contributed by atoms with Gasteiger partial charge in [-0.15, -0.1) is 0 Å². The van der Waals surface area contributed by atoms with Crippen molar-refractivity contribution < 1.29 is 14.9 Å². The third kappa shape index (κ3) is 1.88. The van der Waals surface area contributed by atoms with E-state index in [1.165, 1.54) is 0 Å². The Balaban J connectivity index is 2.39. The van der Waals surface area contributed by atoms with Crippen LogP contribution in [0.4, 0.5) is 0 Å². The standard InChI is InChI=1S/C9H8BrClO3/c10-4-1-5(8(12)6(11)2-4)9(13)7-3-14-7/h1-2,7,9,12-13H,3H2. The van der Waals surface area contributed by atoms with E-state index in [4.69, 9.17) is 16.3 Å². The van der Waals surface area contributed by atoms with Gasteiger partial charge in [0.15, 0.2) is 0 Å². The summed E-state index contributed by atoms with van der Waals surface area (Å²) in [5.41, 5.74) is 0.395. The molecule has 0 aliphatic carbocycles. The van der Waals surface area contributed by atoms with Crippen LogP contribution >= 0.6 is 27.5 Å². The Kier molecular flexibility index (Phi) is 2.70. The van der Waals surface area contributed by atoms with Gasteiger partial charge in [0.1, 0.15) is 18.0 Å². The number of aliphatic hydroxyl groups excluding tert-OH is 1. The van der Waals surface area contributed by atoms with Crippen molar-refractivity contribution in [3.05, 3.63) is 27.2 Å². The second-order valence-corrected chi connectivity index (χ2v) is 4.46. The molecule has 1 fully saturated rings. The minimum atomic E-state index is -0.815. The third-order valence-corrected chi connectivity index (χ3v) is 2.83. The van der Waals surface area contributed by atoms with Crippen molar-refractivity contribution in [2.45, 2.75) is 12.2 Å². The molecule has 0 radical (unpaired) electrons. The van der Waals surface area contributed by atoms with E-state index in [-0.39, 0.29) is 16.9 Å². The highest BCUT2D eigenvalue weighted by Crippen LogP contribution is 2.38. The van der Waals surface area contributed by atoms with Crippen LogP contribution in [-0.2, 0) is 4.74 Å². The maximum atomic E-state index is 9.73. The van der Waals surface area contributed by atoms with E-state index in [1.807, 2.05) is 0 Å². The first-order chi connectivity index (χ1) is 6.59. The fourth-order valence-electron chi connectivity index (χ4n) is 1.25. The fourth-order valence-corrected chi connectivity index (χ4v) is 2.08. The summed E-state index contributed by atoms with van der Waals surface area (Å²) in [6.07, 6.45) is -1.03. The van der Waals surface area contributed by atoms with Crippen molar-refractivity contribution in [2.24, 2.45) is 0 Å². The zero-order chi connectivity index (χ0) is 10.3. The molecule has 2 atom stereocenters. The molecule has 76 valence electrons. The van der Waals surface area contributed by atoms with Crippen molar-refractivity contribution in [3.8, 4) is 5.75 Å². The molecule has 3 nitrogen and oxygen atoms in total. The number of hydrogen-bond acceptors (Lipinski definition) is 3. The topological polar surface area (TPSA) is 53.0 Å². The number of phenols is 1. The van der Waals surface area contributed by atoms with Crippen LogP contribution in [0.1, 0.15) is 11.7 Å². The highest BCUT2D eigenvalue weighted by Gasteiger charge is 2.34. The summed E-state index contributed by atoms with van der Waals surface area (Å²) in [4.78, 5) is 0. The van der Waals surface area contributed by atoms with E-state index in [0.29, 0.717) is 12.2 Å². The number of halogens is 2. The molecule has 5 heteroatoms. The quantitative estimate of drug-likeness (QED) is 0.816. The number of aliphatic hydroxyl groups is 1. The molecule has 1 aliphatic rings. The molecule has 1 saturated heterocycles. The van der Waals surface area contributed by atoms with Gasteiger partial charge in [0, 0.05) is 10.0 Å². The van der Waals surface area contributed by atoms with Gasteiger partial charge in [0.25, 0.3) is 0 Å². The highest BCUT2D eigenvalue weighted by atomic mass is 79.9. The van der Waals surface area contributed by atoms with Crippen molar-refractivity contribution >= 4 is 27.5 Å². The largest absolute Gasteiger partial charge is 0.506 e. The average Bonchev–Trinajstić information content (AvgIpc) is 2.93. The minimum absolute atomic E-state index is 0.0853. The average molecular weight is 280 g/mol.